The van der Waals surface area contributed by atoms with Crippen molar-refractivity contribution in [1.82, 2.24) is 20.1 Å². The van der Waals surface area contributed by atoms with Gasteiger partial charge in [-0.3, -0.25) is 4.79 Å². The van der Waals surface area contributed by atoms with Crippen molar-refractivity contribution in [1.29, 1.82) is 0 Å². The van der Waals surface area contributed by atoms with Gasteiger partial charge in [0.05, 0.1) is 11.7 Å². The summed E-state index contributed by atoms with van der Waals surface area (Å²) in [5.74, 6) is 0.227. The maximum Gasteiger partial charge on any atom is 0.221 e. The molecule has 1 aromatic heterocycles. The topological polar surface area (TPSA) is 59.8 Å². The molecule has 0 aliphatic carbocycles. The molecular weight excluding hydrogens is 351 g/mol. The Morgan fingerprint density at radius 2 is 2.00 bits per heavy atom. The van der Waals surface area contributed by atoms with Crippen LogP contribution in [0.2, 0.25) is 0 Å². The van der Waals surface area contributed by atoms with Gasteiger partial charge in [-0.2, -0.15) is 5.10 Å². The van der Waals surface area contributed by atoms with Crippen LogP contribution in [-0.2, 0) is 4.79 Å². The molecule has 0 saturated heterocycles. The van der Waals surface area contributed by atoms with Gasteiger partial charge < -0.3 is 5.32 Å². The molecule has 3 aromatic rings. The highest BCUT2D eigenvalue weighted by Crippen LogP contribution is 2.22. The lowest BCUT2D eigenvalue weighted by molar-refractivity contribution is -0.121. The fourth-order valence-corrected chi connectivity index (χ4v) is 3.36. The molecular formula is C19H19FN4OS. The Morgan fingerprint density at radius 1 is 1.23 bits per heavy atom. The Morgan fingerprint density at radius 3 is 2.69 bits per heavy atom. The van der Waals surface area contributed by atoms with Gasteiger partial charge in [0.1, 0.15) is 18.5 Å². The van der Waals surface area contributed by atoms with Crippen LogP contribution in [0.4, 0.5) is 4.39 Å². The Hall–Kier alpha value is -2.67. The minimum absolute atomic E-state index is 0.0540. The summed E-state index contributed by atoms with van der Waals surface area (Å²) in [6, 6.07) is 14.3. The molecule has 0 fully saturated rings. The van der Waals surface area contributed by atoms with Crippen LogP contribution in [0.5, 0.6) is 0 Å². The van der Waals surface area contributed by atoms with Crippen LogP contribution in [0.1, 0.15) is 24.9 Å². The first kappa shape index (κ1) is 18.1. The van der Waals surface area contributed by atoms with Crippen molar-refractivity contribution < 1.29 is 9.18 Å². The Kier molecular flexibility index (Phi) is 6.01. The average Bonchev–Trinajstić information content (AvgIpc) is 3.18. The van der Waals surface area contributed by atoms with Gasteiger partial charge >= 0.3 is 0 Å². The van der Waals surface area contributed by atoms with Gasteiger partial charge in [0.25, 0.3) is 0 Å². The highest BCUT2D eigenvalue weighted by atomic mass is 32.2. The maximum absolute atomic E-state index is 13.5. The fraction of sp³-hybridized carbons (Fsp3) is 0.211. The van der Waals surface area contributed by atoms with Crippen LogP contribution >= 0.6 is 11.8 Å². The van der Waals surface area contributed by atoms with Crippen molar-refractivity contribution >= 4 is 17.7 Å². The molecule has 7 heteroatoms. The zero-order chi connectivity index (χ0) is 18.4. The minimum Gasteiger partial charge on any atom is -0.350 e. The molecule has 0 aliphatic heterocycles. The van der Waals surface area contributed by atoms with E-state index >= 15 is 0 Å². The Labute approximate surface area is 155 Å². The third-order valence-electron chi connectivity index (χ3n) is 3.88. The molecule has 2 aromatic carbocycles. The molecule has 0 spiro atoms. The van der Waals surface area contributed by atoms with E-state index in [0.717, 1.165) is 11.3 Å². The summed E-state index contributed by atoms with van der Waals surface area (Å²) in [7, 11) is 0. The lowest BCUT2D eigenvalue weighted by atomic mass is 10.1. The summed E-state index contributed by atoms with van der Waals surface area (Å²) in [6.07, 6.45) is 3.45. The number of carbonyl (C=O) groups is 1. The smallest absolute Gasteiger partial charge is 0.221 e. The molecule has 1 heterocycles. The Bertz CT molecular complexity index is 852. The number of benzene rings is 2. The molecule has 0 unspecified atom stereocenters. The van der Waals surface area contributed by atoms with E-state index in [2.05, 4.69) is 15.4 Å². The normalized spacial score (nSPS) is 11.9. The maximum atomic E-state index is 13.5. The largest absolute Gasteiger partial charge is 0.350 e. The molecule has 134 valence electrons. The van der Waals surface area contributed by atoms with Crippen LogP contribution in [0.25, 0.3) is 5.69 Å². The van der Waals surface area contributed by atoms with Gasteiger partial charge in [-0.15, -0.1) is 11.8 Å². The molecule has 5 nitrogen and oxygen atoms in total. The van der Waals surface area contributed by atoms with Crippen molar-refractivity contribution in [3.05, 3.63) is 72.6 Å². The summed E-state index contributed by atoms with van der Waals surface area (Å²) in [5.41, 5.74) is 1.91. The number of thioether (sulfide) groups is 1. The highest BCUT2D eigenvalue weighted by Gasteiger charge is 2.10. The first-order valence-electron chi connectivity index (χ1n) is 8.25. The first-order valence-corrected chi connectivity index (χ1v) is 9.23. The molecule has 1 amide bonds. The van der Waals surface area contributed by atoms with Crippen molar-refractivity contribution in [3.63, 3.8) is 0 Å². The van der Waals surface area contributed by atoms with E-state index in [0.29, 0.717) is 17.1 Å². The molecule has 0 aliphatic rings. The molecule has 0 saturated carbocycles. The van der Waals surface area contributed by atoms with Crippen LogP contribution in [0, 0.1) is 5.82 Å². The number of amides is 1. The number of hydrogen-bond donors (Lipinski definition) is 1. The summed E-state index contributed by atoms with van der Waals surface area (Å²) in [4.78, 5) is 16.6. The second kappa shape index (κ2) is 8.62. The monoisotopic (exact) mass is 370 g/mol. The van der Waals surface area contributed by atoms with Crippen molar-refractivity contribution in [2.75, 3.05) is 5.75 Å². The number of rotatable bonds is 7. The van der Waals surface area contributed by atoms with Gasteiger partial charge in [0.2, 0.25) is 5.91 Å². The van der Waals surface area contributed by atoms with E-state index in [4.69, 9.17) is 0 Å². The fourth-order valence-electron chi connectivity index (χ4n) is 2.47. The van der Waals surface area contributed by atoms with Crippen LogP contribution in [-0.4, -0.2) is 26.4 Å². The van der Waals surface area contributed by atoms with E-state index in [9.17, 15) is 9.18 Å². The van der Waals surface area contributed by atoms with Crippen molar-refractivity contribution in [3.8, 4) is 5.69 Å². The molecule has 1 atom stereocenters. The molecule has 0 bridgehead atoms. The standard InChI is InChI=1S/C19H19FN4OS/c1-14(15-6-8-16(9-7-15)24-13-21-12-22-24)23-19(25)10-11-26-18-5-3-2-4-17(18)20/h2-9,12-14H,10-11H2,1H3,(H,23,25)/t14-/m1/s1. The van der Waals surface area contributed by atoms with Crippen LogP contribution < -0.4 is 5.32 Å². The van der Waals surface area contributed by atoms with Gasteiger partial charge in [-0.1, -0.05) is 24.3 Å². The van der Waals surface area contributed by atoms with Gasteiger partial charge in [0, 0.05) is 17.1 Å². The second-order valence-corrected chi connectivity index (χ2v) is 6.89. The number of carbonyl (C=O) groups excluding carboxylic acids is 1. The zero-order valence-corrected chi connectivity index (χ0v) is 15.1. The van der Waals surface area contributed by atoms with Gasteiger partial charge in [-0.25, -0.2) is 14.1 Å². The third-order valence-corrected chi connectivity index (χ3v) is 4.93. The van der Waals surface area contributed by atoms with Gasteiger partial charge in [-0.05, 0) is 36.8 Å². The average molecular weight is 370 g/mol. The summed E-state index contributed by atoms with van der Waals surface area (Å²) in [5, 5.41) is 7.05. The highest BCUT2D eigenvalue weighted by molar-refractivity contribution is 7.99. The molecule has 1 N–H and O–H groups in total. The SMILES string of the molecule is C[C@@H](NC(=O)CCSc1ccccc1F)c1ccc(-n2cncn2)cc1. The Balaban J connectivity index is 1.48. The number of nitrogens with one attached hydrogen (secondary N) is 1. The van der Waals surface area contributed by atoms with E-state index in [1.807, 2.05) is 31.2 Å². The van der Waals surface area contributed by atoms with E-state index < -0.39 is 0 Å². The quantitative estimate of drug-likeness (QED) is 0.643. The summed E-state index contributed by atoms with van der Waals surface area (Å²) >= 11 is 1.35. The second-order valence-electron chi connectivity index (χ2n) is 5.75. The lowest BCUT2D eigenvalue weighted by Gasteiger charge is -2.15. The summed E-state index contributed by atoms with van der Waals surface area (Å²) < 4.78 is 15.2. The minimum atomic E-state index is -0.251. The van der Waals surface area contributed by atoms with Crippen LogP contribution in [0.15, 0.2) is 66.1 Å². The zero-order valence-electron chi connectivity index (χ0n) is 14.3. The van der Waals surface area contributed by atoms with E-state index in [1.54, 1.807) is 29.2 Å². The summed E-state index contributed by atoms with van der Waals surface area (Å²) in [6.45, 7) is 1.94. The van der Waals surface area contributed by atoms with Crippen LogP contribution in [0.3, 0.4) is 0 Å². The number of hydrogen-bond acceptors (Lipinski definition) is 4. The molecule has 26 heavy (non-hydrogen) atoms. The van der Waals surface area contributed by atoms with Crippen molar-refractivity contribution in [2.24, 2.45) is 0 Å². The van der Waals surface area contributed by atoms with E-state index in [1.165, 1.54) is 24.2 Å². The lowest BCUT2D eigenvalue weighted by Crippen LogP contribution is -2.26. The van der Waals surface area contributed by atoms with E-state index in [-0.39, 0.29) is 17.8 Å². The third kappa shape index (κ3) is 4.70. The molecule has 0 radical (unpaired) electrons. The van der Waals surface area contributed by atoms with Crippen molar-refractivity contribution in [2.45, 2.75) is 24.3 Å². The predicted molar refractivity (Wildman–Crippen MR) is 99.7 cm³/mol. The molecule has 3 rings (SSSR count). The predicted octanol–water partition coefficient (Wildman–Crippen LogP) is 3.77. The number of halogens is 1. The number of aromatic nitrogens is 3. The first-order chi connectivity index (χ1) is 12.6. The number of nitrogens with zero attached hydrogens (tertiary/aromatic N) is 3. The van der Waals surface area contributed by atoms with Gasteiger partial charge in [0.15, 0.2) is 0 Å².